The van der Waals surface area contributed by atoms with Gasteiger partial charge in [0.25, 0.3) is 0 Å². The highest BCUT2D eigenvalue weighted by Crippen LogP contribution is 2.35. The Bertz CT molecular complexity index is 432. The Morgan fingerprint density at radius 3 is 2.56 bits per heavy atom. The Morgan fingerprint density at radius 1 is 1.33 bits per heavy atom. The van der Waals surface area contributed by atoms with Crippen molar-refractivity contribution < 1.29 is 18.0 Å². The van der Waals surface area contributed by atoms with E-state index in [0.717, 1.165) is 6.07 Å². The molecule has 0 fully saturated rings. The molecule has 0 bridgehead atoms. The monoisotopic (exact) mass is 261 g/mol. The van der Waals surface area contributed by atoms with Crippen LogP contribution in [0.5, 0.6) is 0 Å². The zero-order valence-corrected chi connectivity index (χ0v) is 9.77. The lowest BCUT2D eigenvalue weighted by Gasteiger charge is -2.15. The van der Waals surface area contributed by atoms with E-state index in [0.29, 0.717) is 0 Å². The van der Waals surface area contributed by atoms with Gasteiger partial charge in [0.05, 0.1) is 5.56 Å². The number of alkyl halides is 3. The highest BCUT2D eigenvalue weighted by atomic mass is 19.4. The van der Waals surface area contributed by atoms with Gasteiger partial charge < -0.3 is 16.4 Å². The fourth-order valence-electron chi connectivity index (χ4n) is 1.39. The Labute approximate surface area is 102 Å². The smallest absolute Gasteiger partial charge is 0.399 e. The van der Waals surface area contributed by atoms with Crippen LogP contribution >= 0.6 is 0 Å². The molecule has 18 heavy (non-hydrogen) atoms. The molecule has 0 heterocycles. The number of halogens is 3. The van der Waals surface area contributed by atoms with E-state index in [1.165, 1.54) is 19.1 Å². The fraction of sp³-hybridized carbons (Fsp3) is 0.364. The molecule has 100 valence electrons. The van der Waals surface area contributed by atoms with Crippen molar-refractivity contribution in [2.24, 2.45) is 0 Å². The highest BCUT2D eigenvalue weighted by molar-refractivity contribution is 5.72. The van der Waals surface area contributed by atoms with E-state index in [1.54, 1.807) is 0 Å². The van der Waals surface area contributed by atoms with Crippen molar-refractivity contribution in [1.29, 1.82) is 0 Å². The van der Waals surface area contributed by atoms with Crippen molar-refractivity contribution >= 4 is 17.3 Å². The SMILES string of the molecule is CC(=O)NCCNc1ccc(N)cc1C(F)(F)F. The van der Waals surface area contributed by atoms with E-state index < -0.39 is 11.7 Å². The summed E-state index contributed by atoms with van der Waals surface area (Å²) in [6.07, 6.45) is -4.47. The van der Waals surface area contributed by atoms with Crippen molar-refractivity contribution in [2.45, 2.75) is 13.1 Å². The van der Waals surface area contributed by atoms with E-state index >= 15 is 0 Å². The largest absolute Gasteiger partial charge is 0.418 e. The molecule has 7 heteroatoms. The van der Waals surface area contributed by atoms with Crippen molar-refractivity contribution in [2.75, 3.05) is 24.1 Å². The van der Waals surface area contributed by atoms with Gasteiger partial charge in [-0.15, -0.1) is 0 Å². The molecule has 1 rings (SSSR count). The molecule has 1 aromatic carbocycles. The van der Waals surface area contributed by atoms with Gasteiger partial charge >= 0.3 is 6.18 Å². The maximum absolute atomic E-state index is 12.7. The number of nitrogen functional groups attached to an aromatic ring is 1. The third-order valence-electron chi connectivity index (χ3n) is 2.16. The first-order valence-electron chi connectivity index (χ1n) is 5.25. The number of anilines is 2. The molecule has 0 aromatic heterocycles. The summed E-state index contributed by atoms with van der Waals surface area (Å²) < 4.78 is 38.1. The lowest BCUT2D eigenvalue weighted by molar-refractivity contribution is -0.137. The molecule has 0 saturated heterocycles. The summed E-state index contributed by atoms with van der Waals surface area (Å²) in [6, 6.07) is 3.53. The molecule has 0 radical (unpaired) electrons. The highest BCUT2D eigenvalue weighted by Gasteiger charge is 2.33. The zero-order valence-electron chi connectivity index (χ0n) is 9.77. The lowest BCUT2D eigenvalue weighted by Crippen LogP contribution is -2.26. The average Bonchev–Trinajstić information content (AvgIpc) is 2.24. The Kier molecular flexibility index (Phi) is 4.41. The molecule has 0 atom stereocenters. The quantitative estimate of drug-likeness (QED) is 0.572. The number of nitrogens with one attached hydrogen (secondary N) is 2. The fourth-order valence-corrected chi connectivity index (χ4v) is 1.39. The van der Waals surface area contributed by atoms with Gasteiger partial charge in [-0.05, 0) is 18.2 Å². The Hall–Kier alpha value is -1.92. The van der Waals surface area contributed by atoms with E-state index in [1.807, 2.05) is 0 Å². The minimum atomic E-state index is -4.47. The van der Waals surface area contributed by atoms with Crippen molar-refractivity contribution in [3.63, 3.8) is 0 Å². The maximum atomic E-state index is 12.7. The van der Waals surface area contributed by atoms with Crippen LogP contribution in [0, 0.1) is 0 Å². The third kappa shape index (κ3) is 4.15. The van der Waals surface area contributed by atoms with Gasteiger partial charge in [-0.2, -0.15) is 13.2 Å². The Balaban J connectivity index is 2.73. The van der Waals surface area contributed by atoms with Crippen LogP contribution in [0.3, 0.4) is 0 Å². The number of carbonyl (C=O) groups excluding carboxylic acids is 1. The number of benzene rings is 1. The minimum Gasteiger partial charge on any atom is -0.399 e. The second-order valence-electron chi connectivity index (χ2n) is 3.71. The van der Waals surface area contributed by atoms with Crippen LogP contribution in [0.4, 0.5) is 24.5 Å². The summed E-state index contributed by atoms with van der Waals surface area (Å²) >= 11 is 0. The summed E-state index contributed by atoms with van der Waals surface area (Å²) in [5, 5.41) is 5.09. The second kappa shape index (κ2) is 5.61. The van der Waals surface area contributed by atoms with Gasteiger partial charge in [-0.1, -0.05) is 0 Å². The van der Waals surface area contributed by atoms with Gasteiger partial charge in [0, 0.05) is 31.4 Å². The normalized spacial score (nSPS) is 11.1. The van der Waals surface area contributed by atoms with Gasteiger partial charge in [0.15, 0.2) is 0 Å². The molecule has 1 aromatic rings. The molecule has 0 saturated carbocycles. The standard InChI is InChI=1S/C11H14F3N3O/c1-7(18)16-4-5-17-10-3-2-8(15)6-9(10)11(12,13)14/h2-3,6,17H,4-5,15H2,1H3,(H,16,18). The number of rotatable bonds is 4. The number of hydrogen-bond acceptors (Lipinski definition) is 3. The molecular weight excluding hydrogens is 247 g/mol. The topological polar surface area (TPSA) is 67.2 Å². The lowest BCUT2D eigenvalue weighted by atomic mass is 10.1. The van der Waals surface area contributed by atoms with Crippen molar-refractivity contribution in [3.05, 3.63) is 23.8 Å². The van der Waals surface area contributed by atoms with Crippen LogP contribution in [-0.2, 0) is 11.0 Å². The van der Waals surface area contributed by atoms with Crippen LogP contribution < -0.4 is 16.4 Å². The third-order valence-corrected chi connectivity index (χ3v) is 2.16. The predicted molar refractivity (Wildman–Crippen MR) is 63.0 cm³/mol. The summed E-state index contributed by atoms with van der Waals surface area (Å²) in [5.41, 5.74) is 4.52. The van der Waals surface area contributed by atoms with Gasteiger partial charge in [-0.25, -0.2) is 0 Å². The van der Waals surface area contributed by atoms with Crippen LogP contribution in [0.2, 0.25) is 0 Å². The first kappa shape index (κ1) is 14.1. The average molecular weight is 261 g/mol. The van der Waals surface area contributed by atoms with E-state index in [-0.39, 0.29) is 30.4 Å². The number of amides is 1. The van der Waals surface area contributed by atoms with Crippen LogP contribution in [-0.4, -0.2) is 19.0 Å². The zero-order chi connectivity index (χ0) is 13.8. The van der Waals surface area contributed by atoms with E-state index in [2.05, 4.69) is 10.6 Å². The number of nitrogens with two attached hydrogens (primary N) is 1. The molecule has 0 spiro atoms. The molecule has 0 unspecified atom stereocenters. The minimum absolute atomic E-state index is 0.0507. The molecular formula is C11H14F3N3O. The van der Waals surface area contributed by atoms with E-state index in [9.17, 15) is 18.0 Å². The van der Waals surface area contributed by atoms with Crippen LogP contribution in [0.25, 0.3) is 0 Å². The summed E-state index contributed by atoms with van der Waals surface area (Å²) in [7, 11) is 0. The van der Waals surface area contributed by atoms with Gasteiger partial charge in [0.1, 0.15) is 0 Å². The number of hydrogen-bond donors (Lipinski definition) is 3. The van der Waals surface area contributed by atoms with Crippen LogP contribution in [0.15, 0.2) is 18.2 Å². The summed E-state index contributed by atoms with van der Waals surface area (Å²) in [4.78, 5) is 10.6. The molecule has 0 aliphatic rings. The first-order valence-corrected chi connectivity index (χ1v) is 5.25. The Morgan fingerprint density at radius 2 is 2.00 bits per heavy atom. The maximum Gasteiger partial charge on any atom is 0.418 e. The first-order chi connectivity index (χ1) is 8.30. The number of carbonyl (C=O) groups is 1. The second-order valence-corrected chi connectivity index (χ2v) is 3.71. The van der Waals surface area contributed by atoms with Gasteiger partial charge in [-0.3, -0.25) is 4.79 Å². The molecule has 4 nitrogen and oxygen atoms in total. The van der Waals surface area contributed by atoms with Crippen LogP contribution in [0.1, 0.15) is 12.5 Å². The molecule has 0 aliphatic heterocycles. The summed E-state index contributed by atoms with van der Waals surface area (Å²) in [6.45, 7) is 1.79. The molecule has 1 amide bonds. The van der Waals surface area contributed by atoms with Crippen molar-refractivity contribution in [1.82, 2.24) is 5.32 Å². The van der Waals surface area contributed by atoms with Crippen molar-refractivity contribution in [3.8, 4) is 0 Å². The summed E-state index contributed by atoms with van der Waals surface area (Å²) in [5.74, 6) is -0.231. The molecule has 0 aliphatic carbocycles. The predicted octanol–water partition coefficient (Wildman–Crippen LogP) is 1.84. The molecule has 4 N–H and O–H groups in total. The van der Waals surface area contributed by atoms with Gasteiger partial charge in [0.2, 0.25) is 5.91 Å². The van der Waals surface area contributed by atoms with E-state index in [4.69, 9.17) is 5.73 Å².